The van der Waals surface area contributed by atoms with E-state index in [1.54, 1.807) is 0 Å². The molecule has 4 rings (SSSR count). The maximum absolute atomic E-state index is 12.6. The van der Waals surface area contributed by atoms with E-state index in [-0.39, 0.29) is 11.4 Å². The summed E-state index contributed by atoms with van der Waals surface area (Å²) < 4.78 is 0. The van der Waals surface area contributed by atoms with Gasteiger partial charge in [0.25, 0.3) is 0 Å². The van der Waals surface area contributed by atoms with E-state index in [9.17, 15) is 4.79 Å². The highest BCUT2D eigenvalue weighted by atomic mass is 16.2. The lowest BCUT2D eigenvalue weighted by atomic mass is 9.92. The summed E-state index contributed by atoms with van der Waals surface area (Å²) in [6.45, 7) is 4.24. The van der Waals surface area contributed by atoms with Gasteiger partial charge in [0.1, 0.15) is 0 Å². The number of aromatic nitrogens is 1. The number of piperazine rings is 1. The highest BCUT2D eigenvalue weighted by Gasteiger charge is 2.47. The summed E-state index contributed by atoms with van der Waals surface area (Å²) in [5.74, 6) is 0.187. The van der Waals surface area contributed by atoms with Crippen molar-refractivity contribution in [3.05, 3.63) is 60.4 Å². The molecule has 2 saturated heterocycles. The van der Waals surface area contributed by atoms with E-state index in [2.05, 4.69) is 34.0 Å². The number of nitrogens with zero attached hydrogens (tertiary/aromatic N) is 4. The quantitative estimate of drug-likeness (QED) is 0.860. The first kappa shape index (κ1) is 16.2. The van der Waals surface area contributed by atoms with Crippen molar-refractivity contribution < 1.29 is 4.79 Å². The van der Waals surface area contributed by atoms with Crippen LogP contribution >= 0.6 is 0 Å². The Morgan fingerprint density at radius 1 is 1.08 bits per heavy atom. The molecule has 0 unspecified atom stereocenters. The van der Waals surface area contributed by atoms with Crippen molar-refractivity contribution in [2.24, 2.45) is 0 Å². The van der Waals surface area contributed by atoms with Crippen molar-refractivity contribution in [1.29, 1.82) is 0 Å². The Morgan fingerprint density at radius 2 is 1.84 bits per heavy atom. The van der Waals surface area contributed by atoms with Crippen molar-refractivity contribution in [2.75, 3.05) is 38.1 Å². The number of carbonyl (C=O) groups is 1. The molecule has 2 aliphatic rings. The van der Waals surface area contributed by atoms with Crippen LogP contribution in [0.5, 0.6) is 0 Å². The molecule has 2 aromatic rings. The number of likely N-dealkylation sites (N-methyl/N-ethyl adjacent to an activating group) is 1. The lowest BCUT2D eigenvalue weighted by molar-refractivity contribution is -0.123. The molecule has 2 aliphatic heterocycles. The fraction of sp³-hybridized carbons (Fsp3) is 0.400. The van der Waals surface area contributed by atoms with E-state index >= 15 is 0 Å². The zero-order valence-electron chi connectivity index (χ0n) is 14.6. The van der Waals surface area contributed by atoms with Crippen LogP contribution in [-0.2, 0) is 11.3 Å². The van der Waals surface area contributed by atoms with Crippen LogP contribution in [0, 0.1) is 0 Å². The molecule has 3 heterocycles. The first-order chi connectivity index (χ1) is 12.2. The van der Waals surface area contributed by atoms with Gasteiger partial charge in [0.15, 0.2) is 0 Å². The molecule has 1 atom stereocenters. The topological polar surface area (TPSA) is 39.7 Å². The zero-order chi connectivity index (χ0) is 17.3. The van der Waals surface area contributed by atoms with Gasteiger partial charge >= 0.3 is 0 Å². The average molecular weight is 336 g/mol. The number of hydrogen-bond acceptors (Lipinski definition) is 4. The Bertz CT molecular complexity index is 736. The molecule has 1 aromatic heterocycles. The second kappa shape index (κ2) is 6.58. The maximum Gasteiger partial charge on any atom is 0.241 e. The van der Waals surface area contributed by atoms with Gasteiger partial charge in [-0.05, 0) is 43.3 Å². The number of likely N-dealkylation sites (tertiary alicyclic amines) is 1. The van der Waals surface area contributed by atoms with Gasteiger partial charge < -0.3 is 4.90 Å². The van der Waals surface area contributed by atoms with Crippen LogP contribution in [0.3, 0.4) is 0 Å². The summed E-state index contributed by atoms with van der Waals surface area (Å²) in [4.78, 5) is 23.4. The molecule has 0 aliphatic carbocycles. The summed E-state index contributed by atoms with van der Waals surface area (Å²) in [6, 6.07) is 14.2. The second-order valence-corrected chi connectivity index (χ2v) is 7.21. The van der Waals surface area contributed by atoms with Crippen molar-refractivity contribution in [1.82, 2.24) is 14.8 Å². The van der Waals surface area contributed by atoms with E-state index in [4.69, 9.17) is 0 Å². The van der Waals surface area contributed by atoms with Crippen molar-refractivity contribution in [3.63, 3.8) is 0 Å². The predicted octanol–water partition coefficient (Wildman–Crippen LogP) is 2.00. The third-order valence-electron chi connectivity index (χ3n) is 5.57. The van der Waals surface area contributed by atoms with Crippen LogP contribution in [-0.4, -0.2) is 59.5 Å². The lowest BCUT2D eigenvalue weighted by Crippen LogP contribution is -2.64. The van der Waals surface area contributed by atoms with Crippen molar-refractivity contribution in [3.8, 4) is 0 Å². The van der Waals surface area contributed by atoms with Crippen molar-refractivity contribution >= 4 is 11.6 Å². The van der Waals surface area contributed by atoms with Gasteiger partial charge in [0.05, 0.1) is 12.1 Å². The highest BCUT2D eigenvalue weighted by molar-refractivity contribution is 5.96. The van der Waals surface area contributed by atoms with Gasteiger partial charge in [-0.25, -0.2) is 0 Å². The number of anilines is 1. The SMILES string of the molecule is CN1CC(=O)N(c2ccccc2)C[C@]12CCN(Cc1ccncc1)C2. The van der Waals surface area contributed by atoms with Gasteiger partial charge in [-0.1, -0.05) is 18.2 Å². The first-order valence-electron chi connectivity index (χ1n) is 8.84. The molecule has 2 fully saturated rings. The van der Waals surface area contributed by atoms with Gasteiger partial charge in [0.2, 0.25) is 5.91 Å². The third-order valence-corrected chi connectivity index (χ3v) is 5.57. The van der Waals surface area contributed by atoms with Crippen molar-refractivity contribution in [2.45, 2.75) is 18.5 Å². The Morgan fingerprint density at radius 3 is 2.60 bits per heavy atom. The number of rotatable bonds is 3. The van der Waals surface area contributed by atoms with Gasteiger partial charge in [-0.15, -0.1) is 0 Å². The molecular weight excluding hydrogens is 312 g/mol. The van der Waals surface area contributed by atoms with E-state index in [1.165, 1.54) is 5.56 Å². The zero-order valence-corrected chi connectivity index (χ0v) is 14.6. The van der Waals surface area contributed by atoms with Crippen LogP contribution < -0.4 is 4.90 Å². The lowest BCUT2D eigenvalue weighted by Gasteiger charge is -2.47. The minimum absolute atomic E-state index is 0.0385. The molecule has 1 spiro atoms. The number of amides is 1. The minimum Gasteiger partial charge on any atom is -0.309 e. The normalized spacial score (nSPS) is 25.0. The smallest absolute Gasteiger partial charge is 0.241 e. The summed E-state index contributed by atoms with van der Waals surface area (Å²) in [5, 5.41) is 0. The standard InChI is InChI=1S/C20H24N4O/c1-22-14-19(25)24(18-5-3-2-4-6-18)16-20(22)9-12-23(15-20)13-17-7-10-21-11-8-17/h2-8,10-11H,9,12-16H2,1H3/t20-/m1/s1. The molecule has 0 bridgehead atoms. The number of pyridine rings is 1. The fourth-order valence-corrected chi connectivity index (χ4v) is 4.06. The summed E-state index contributed by atoms with van der Waals surface area (Å²) in [7, 11) is 2.09. The largest absolute Gasteiger partial charge is 0.309 e. The molecule has 0 N–H and O–H groups in total. The average Bonchev–Trinajstić information content (AvgIpc) is 3.04. The number of para-hydroxylation sites is 1. The first-order valence-corrected chi connectivity index (χ1v) is 8.84. The van der Waals surface area contributed by atoms with Gasteiger partial charge in [-0.2, -0.15) is 0 Å². The number of hydrogen-bond donors (Lipinski definition) is 0. The van der Waals surface area contributed by atoms with E-state index in [0.717, 1.165) is 38.3 Å². The molecule has 25 heavy (non-hydrogen) atoms. The molecule has 1 amide bonds. The van der Waals surface area contributed by atoms with Crippen LogP contribution in [0.2, 0.25) is 0 Å². The predicted molar refractivity (Wildman–Crippen MR) is 98.3 cm³/mol. The van der Waals surface area contributed by atoms with Crippen LogP contribution in [0.15, 0.2) is 54.9 Å². The Hall–Kier alpha value is -2.24. The molecule has 5 nitrogen and oxygen atoms in total. The molecule has 5 heteroatoms. The van der Waals surface area contributed by atoms with Crippen LogP contribution in [0.4, 0.5) is 5.69 Å². The molecule has 0 saturated carbocycles. The fourth-order valence-electron chi connectivity index (χ4n) is 4.06. The van der Waals surface area contributed by atoms with E-state index in [0.29, 0.717) is 6.54 Å². The van der Waals surface area contributed by atoms with Gasteiger partial charge in [-0.3, -0.25) is 19.6 Å². The van der Waals surface area contributed by atoms with E-state index in [1.807, 2.05) is 47.6 Å². The van der Waals surface area contributed by atoms with Gasteiger partial charge in [0, 0.05) is 44.3 Å². The highest BCUT2D eigenvalue weighted by Crippen LogP contribution is 2.33. The molecular formula is C20H24N4O. The van der Waals surface area contributed by atoms with Crippen LogP contribution in [0.25, 0.3) is 0 Å². The Labute approximate surface area is 148 Å². The second-order valence-electron chi connectivity index (χ2n) is 7.21. The summed E-state index contributed by atoms with van der Waals surface area (Å²) >= 11 is 0. The maximum atomic E-state index is 12.6. The van der Waals surface area contributed by atoms with E-state index < -0.39 is 0 Å². The minimum atomic E-state index is 0.0385. The van der Waals surface area contributed by atoms with Crippen LogP contribution in [0.1, 0.15) is 12.0 Å². The summed E-state index contributed by atoms with van der Waals surface area (Å²) in [5.41, 5.74) is 2.34. The monoisotopic (exact) mass is 336 g/mol. The molecule has 1 aromatic carbocycles. The third kappa shape index (κ3) is 3.17. The summed E-state index contributed by atoms with van der Waals surface area (Å²) in [6.07, 6.45) is 4.79. The molecule has 0 radical (unpaired) electrons. The Balaban J connectivity index is 1.51. The molecule has 130 valence electrons. The Kier molecular flexibility index (Phi) is 4.27. The number of carbonyl (C=O) groups excluding carboxylic acids is 1. The number of benzene rings is 1.